The van der Waals surface area contributed by atoms with Crippen LogP contribution in [0.3, 0.4) is 0 Å². The van der Waals surface area contributed by atoms with Crippen molar-refractivity contribution in [1.29, 1.82) is 0 Å². The van der Waals surface area contributed by atoms with Crippen LogP contribution >= 0.6 is 0 Å². The fourth-order valence-electron chi connectivity index (χ4n) is 3.29. The first-order valence-corrected chi connectivity index (χ1v) is 12.4. The number of nitrogens with zero attached hydrogens (tertiary/aromatic N) is 1. The summed E-state index contributed by atoms with van der Waals surface area (Å²) in [4.78, 5) is 13.8. The minimum atomic E-state index is 0.373. The summed E-state index contributed by atoms with van der Waals surface area (Å²) in [5.41, 5.74) is 0. The molecule has 170 valence electrons. The van der Waals surface area contributed by atoms with Crippen LogP contribution in [0.5, 0.6) is 0 Å². The third-order valence-corrected chi connectivity index (χ3v) is 5.15. The molecule has 4 nitrogen and oxygen atoms in total. The highest BCUT2D eigenvalue weighted by Crippen LogP contribution is 2.12. The maximum absolute atomic E-state index is 9.47. The Morgan fingerprint density at radius 3 is 1.18 bits per heavy atom. The molecule has 0 aromatic carbocycles. The van der Waals surface area contributed by atoms with E-state index in [0.29, 0.717) is 13.2 Å². The van der Waals surface area contributed by atoms with Crippen LogP contribution in [0, 0.1) is 4.91 Å². The van der Waals surface area contributed by atoms with Crippen molar-refractivity contribution in [1.82, 2.24) is 0 Å². The van der Waals surface area contributed by atoms with Gasteiger partial charge in [0.1, 0.15) is 6.61 Å². The Kier molecular flexibility index (Phi) is 32.8. The van der Waals surface area contributed by atoms with E-state index in [1.54, 1.807) is 0 Å². The SMILES string of the molecule is CCCCCCCCCCCCCCCCO.CCCCCCCCON=O. The fourth-order valence-corrected chi connectivity index (χ4v) is 3.29. The Morgan fingerprint density at radius 1 is 0.536 bits per heavy atom. The van der Waals surface area contributed by atoms with Crippen molar-refractivity contribution in [2.24, 2.45) is 5.34 Å². The molecule has 0 aliphatic carbocycles. The third-order valence-electron chi connectivity index (χ3n) is 5.15. The van der Waals surface area contributed by atoms with Gasteiger partial charge >= 0.3 is 0 Å². The molecule has 0 rings (SSSR count). The molecular weight excluding hydrogens is 350 g/mol. The van der Waals surface area contributed by atoms with Gasteiger partial charge in [0.25, 0.3) is 0 Å². The molecule has 0 aliphatic rings. The first kappa shape index (κ1) is 29.6. The van der Waals surface area contributed by atoms with Gasteiger partial charge in [-0.05, 0) is 19.3 Å². The molecular formula is C24H51NO3. The van der Waals surface area contributed by atoms with E-state index in [9.17, 15) is 4.91 Å². The molecule has 0 aliphatic heterocycles. The largest absolute Gasteiger partial charge is 0.396 e. The first-order chi connectivity index (χ1) is 13.8. The van der Waals surface area contributed by atoms with Crippen LogP contribution in [-0.2, 0) is 4.84 Å². The van der Waals surface area contributed by atoms with Crippen molar-refractivity contribution < 1.29 is 9.94 Å². The highest BCUT2D eigenvalue weighted by Gasteiger charge is 1.93. The lowest BCUT2D eigenvalue weighted by molar-refractivity contribution is 0.135. The second kappa shape index (κ2) is 31.1. The first-order valence-electron chi connectivity index (χ1n) is 12.4. The molecule has 0 radical (unpaired) electrons. The van der Waals surface area contributed by atoms with Gasteiger partial charge < -0.3 is 9.94 Å². The lowest BCUT2D eigenvalue weighted by Gasteiger charge is -2.02. The van der Waals surface area contributed by atoms with Crippen molar-refractivity contribution in [2.45, 2.75) is 142 Å². The van der Waals surface area contributed by atoms with Crippen LogP contribution in [0.4, 0.5) is 0 Å². The van der Waals surface area contributed by atoms with E-state index >= 15 is 0 Å². The Morgan fingerprint density at radius 2 is 0.857 bits per heavy atom. The summed E-state index contributed by atoms with van der Waals surface area (Å²) < 4.78 is 0. The summed E-state index contributed by atoms with van der Waals surface area (Å²) >= 11 is 0. The molecule has 0 bridgehead atoms. The fraction of sp³-hybridized carbons (Fsp3) is 1.00. The van der Waals surface area contributed by atoms with Gasteiger partial charge in [-0.15, -0.1) is 4.91 Å². The highest BCUT2D eigenvalue weighted by molar-refractivity contribution is 4.49. The molecule has 0 heterocycles. The van der Waals surface area contributed by atoms with Gasteiger partial charge in [-0.3, -0.25) is 0 Å². The Bertz CT molecular complexity index is 248. The molecule has 28 heavy (non-hydrogen) atoms. The van der Waals surface area contributed by atoms with Gasteiger partial charge in [-0.2, -0.15) is 0 Å². The number of aliphatic hydroxyl groups excluding tert-OH is 1. The zero-order chi connectivity index (χ0) is 21.0. The molecule has 0 amide bonds. The molecule has 0 saturated heterocycles. The van der Waals surface area contributed by atoms with Crippen LogP contribution in [0.2, 0.25) is 0 Å². The minimum Gasteiger partial charge on any atom is -0.396 e. The van der Waals surface area contributed by atoms with Gasteiger partial charge in [0.15, 0.2) is 5.34 Å². The summed E-state index contributed by atoms with van der Waals surface area (Å²) in [6.45, 7) is 5.33. The summed E-state index contributed by atoms with van der Waals surface area (Å²) in [5, 5.41) is 11.0. The van der Waals surface area contributed by atoms with Crippen LogP contribution in [0.15, 0.2) is 5.34 Å². The van der Waals surface area contributed by atoms with E-state index in [-0.39, 0.29) is 0 Å². The predicted octanol–water partition coefficient (Wildman–Crippen LogP) is 8.50. The normalized spacial score (nSPS) is 10.4. The van der Waals surface area contributed by atoms with Crippen LogP contribution in [-0.4, -0.2) is 18.3 Å². The summed E-state index contributed by atoms with van der Waals surface area (Å²) in [6, 6.07) is 0. The van der Waals surface area contributed by atoms with Crippen molar-refractivity contribution >= 4 is 0 Å². The molecule has 4 heteroatoms. The Balaban J connectivity index is 0. The van der Waals surface area contributed by atoms with E-state index in [4.69, 9.17) is 5.11 Å². The molecule has 0 aromatic heterocycles. The lowest BCUT2D eigenvalue weighted by Crippen LogP contribution is -1.86. The second-order valence-corrected chi connectivity index (χ2v) is 8.00. The Labute approximate surface area is 176 Å². The number of rotatable bonds is 22. The van der Waals surface area contributed by atoms with Crippen molar-refractivity contribution in [3.05, 3.63) is 4.91 Å². The van der Waals surface area contributed by atoms with Gasteiger partial charge in [0.05, 0.1) is 0 Å². The van der Waals surface area contributed by atoms with Crippen molar-refractivity contribution in [3.63, 3.8) is 0 Å². The molecule has 0 spiro atoms. The van der Waals surface area contributed by atoms with Crippen LogP contribution in [0.25, 0.3) is 0 Å². The smallest absolute Gasteiger partial charge is 0.155 e. The van der Waals surface area contributed by atoms with Gasteiger partial charge in [-0.25, -0.2) is 0 Å². The highest BCUT2D eigenvalue weighted by atomic mass is 16.7. The van der Waals surface area contributed by atoms with Crippen molar-refractivity contribution in [3.8, 4) is 0 Å². The van der Waals surface area contributed by atoms with Crippen LogP contribution in [0.1, 0.15) is 142 Å². The van der Waals surface area contributed by atoms with Crippen LogP contribution < -0.4 is 0 Å². The quantitative estimate of drug-likeness (QED) is 0.112. The number of hydrogen-bond acceptors (Lipinski definition) is 4. The van der Waals surface area contributed by atoms with E-state index in [1.807, 2.05) is 0 Å². The maximum atomic E-state index is 9.47. The second-order valence-electron chi connectivity index (χ2n) is 8.00. The van der Waals surface area contributed by atoms with Gasteiger partial charge in [0, 0.05) is 6.61 Å². The molecule has 1 N–H and O–H groups in total. The lowest BCUT2D eigenvalue weighted by atomic mass is 10.0. The molecule has 0 unspecified atom stereocenters. The molecule has 0 saturated carbocycles. The number of aliphatic hydroxyl groups is 1. The van der Waals surface area contributed by atoms with Crippen molar-refractivity contribution in [2.75, 3.05) is 13.2 Å². The molecule has 0 fully saturated rings. The monoisotopic (exact) mass is 401 g/mol. The zero-order valence-corrected chi connectivity index (χ0v) is 19.3. The van der Waals surface area contributed by atoms with Gasteiger partial charge in [0.2, 0.25) is 0 Å². The molecule has 0 aromatic rings. The minimum absolute atomic E-state index is 0.373. The van der Waals surface area contributed by atoms with E-state index < -0.39 is 0 Å². The van der Waals surface area contributed by atoms with E-state index in [2.05, 4.69) is 24.0 Å². The summed E-state index contributed by atoms with van der Waals surface area (Å²) in [5.74, 6) is 0. The summed E-state index contributed by atoms with van der Waals surface area (Å²) in [6.07, 6.45) is 26.4. The predicted molar refractivity (Wildman–Crippen MR) is 123 cm³/mol. The average molecular weight is 402 g/mol. The average Bonchev–Trinajstić information content (AvgIpc) is 2.71. The van der Waals surface area contributed by atoms with E-state index in [1.165, 1.54) is 109 Å². The standard InChI is InChI=1S/C16H34O.C8H17NO2/c1-2-3-4-5-6-7-8-9-10-11-12-13-14-15-16-17;1-2-3-4-5-6-7-8-11-9-10/h17H,2-16H2,1H3;2-8H2,1H3. The Hall–Kier alpha value is -0.640. The number of hydrogen-bond donors (Lipinski definition) is 1. The number of unbranched alkanes of at least 4 members (excludes halogenated alkanes) is 18. The third kappa shape index (κ3) is 33.0. The van der Waals surface area contributed by atoms with E-state index in [0.717, 1.165) is 19.3 Å². The van der Waals surface area contributed by atoms with Gasteiger partial charge in [-0.1, -0.05) is 123 Å². The topological polar surface area (TPSA) is 58.9 Å². The maximum Gasteiger partial charge on any atom is 0.155 e. The zero-order valence-electron chi connectivity index (χ0n) is 19.3. The summed E-state index contributed by atoms with van der Waals surface area (Å²) in [7, 11) is 0. The molecule has 0 atom stereocenters.